The van der Waals surface area contributed by atoms with Gasteiger partial charge in [-0.15, -0.1) is 0 Å². The Morgan fingerprint density at radius 2 is 0.847 bits per heavy atom. The molecule has 2 aromatic carbocycles. The fraction of sp³-hybridized carbons (Fsp3) is 0.642. The number of Topliss-reactive ketones (excluding diaryl/α,β-unsaturated/α-hetero) is 2. The second kappa shape index (κ2) is 66.5. The summed E-state index contributed by atoms with van der Waals surface area (Å²) in [4.78, 5) is 163. The zero-order valence-corrected chi connectivity index (χ0v) is 84.7. The van der Waals surface area contributed by atoms with Gasteiger partial charge in [-0.05, 0) is 156 Å². The smallest absolute Gasteiger partial charge is 0.303 e. The third kappa shape index (κ3) is 46.5. The number of carbonyl (C=O) groups is 12. The number of aliphatic imine (C=N–C) groups is 2. The van der Waals surface area contributed by atoms with E-state index in [0.717, 1.165) is 175 Å². The predicted molar refractivity (Wildman–Crippen MR) is 543 cm³/mol. The number of aliphatic hydroxyl groups is 2. The van der Waals surface area contributed by atoms with E-state index in [4.69, 9.17) is 5.11 Å². The van der Waals surface area contributed by atoms with Gasteiger partial charge in [0.05, 0.1) is 37.0 Å². The van der Waals surface area contributed by atoms with Gasteiger partial charge in [0.2, 0.25) is 65.6 Å². The average Bonchev–Trinajstić information content (AvgIpc) is 1.45. The van der Waals surface area contributed by atoms with Gasteiger partial charge in [0.1, 0.15) is 0 Å². The van der Waals surface area contributed by atoms with Crippen LogP contribution in [0.25, 0.3) is 0 Å². The van der Waals surface area contributed by atoms with E-state index >= 15 is 0 Å². The van der Waals surface area contributed by atoms with Gasteiger partial charge >= 0.3 is 5.97 Å². The number of aliphatic hydroxyl groups excluding tert-OH is 2. The zero-order valence-electron chi connectivity index (χ0n) is 83.1. The summed E-state index contributed by atoms with van der Waals surface area (Å²) in [6.07, 6.45) is 46.5. The van der Waals surface area contributed by atoms with E-state index < -0.39 is 29.9 Å². The molecule has 0 bridgehead atoms. The number of carbonyl (C=O) groups excluding carboxylic acids is 11. The Morgan fingerprint density at radius 3 is 1.20 bits per heavy atom. The van der Waals surface area contributed by atoms with E-state index in [-0.39, 0.29) is 158 Å². The quantitative estimate of drug-likeness (QED) is 0.00669. The summed E-state index contributed by atoms with van der Waals surface area (Å²) in [7, 11) is 3.73. The van der Waals surface area contributed by atoms with Crippen LogP contribution in [-0.4, -0.2) is 202 Å². The molecule has 0 radical (unpaired) electrons. The number of aromatic nitrogens is 2. The Labute approximate surface area is 824 Å². The highest BCUT2D eigenvalue weighted by molar-refractivity contribution is 8.00. The topological polar surface area (TPSA) is 415 Å². The van der Waals surface area contributed by atoms with Gasteiger partial charge in [0.25, 0.3) is 0 Å². The number of nitriles is 2. The van der Waals surface area contributed by atoms with Crippen LogP contribution < -0.4 is 35.7 Å². The molecule has 29 nitrogen and oxygen atoms in total. The maximum Gasteiger partial charge on any atom is 0.303 e. The molecule has 2 aromatic heterocycles. The van der Waals surface area contributed by atoms with Crippen molar-refractivity contribution in [1.29, 1.82) is 10.5 Å². The minimum absolute atomic E-state index is 0. The maximum absolute atomic E-state index is 13.3. The minimum Gasteiger partial charge on any atom is -0.481 e. The van der Waals surface area contributed by atoms with E-state index in [0.29, 0.717) is 115 Å². The molecule has 31 heteroatoms. The molecule has 137 heavy (non-hydrogen) atoms. The van der Waals surface area contributed by atoms with Crippen LogP contribution >= 0.6 is 23.5 Å². The lowest BCUT2D eigenvalue weighted by Crippen LogP contribution is -2.45. The van der Waals surface area contributed by atoms with Gasteiger partial charge in [-0.25, -0.2) is 9.13 Å². The lowest BCUT2D eigenvalue weighted by atomic mass is 9.86. The van der Waals surface area contributed by atoms with Gasteiger partial charge < -0.3 is 51.7 Å². The highest BCUT2D eigenvalue weighted by atomic mass is 32.2. The number of thioether (sulfide) groups is 2. The Morgan fingerprint density at radius 1 is 0.489 bits per heavy atom. The van der Waals surface area contributed by atoms with Gasteiger partial charge in [-0.3, -0.25) is 62.4 Å². The maximum atomic E-state index is 13.3. The number of ketones is 2. The number of amides is 9. The number of pyridine rings is 2. The molecule has 9 amide bonds. The summed E-state index contributed by atoms with van der Waals surface area (Å²) in [6, 6.07) is 21.9. The van der Waals surface area contributed by atoms with Crippen molar-refractivity contribution >= 4 is 117 Å². The monoisotopic (exact) mass is 1940 g/mol. The normalized spacial score (nSPS) is 15.2. The number of hydrogen-bond donors (Lipinski definition) is 8. The summed E-state index contributed by atoms with van der Waals surface area (Å²) in [6.45, 7) is 14.4. The molecule has 4 aromatic rings. The SMILES string of the molecule is C.CC(C)[C@H](NC(=O)CCCCCNC(=O)CCC(=O)O)C(=O)C[C@@H](C)C(=O)Nc1ccc(C[n+]2ccc(CC(CCCCCCCCC(=O)N(C)CC3(CO)CCCC3)=NC#N)cc2)cc1.CSC.CSC1CC(=O)N(CCCCCC(=O)N[C@H](C(=O)C[C@@H](C)C(=O)Nc2ccc(C[n+]3ccc(CC(CCCCCCCCC(=O)N(C)CC4(CO)CCCC4)=NC#N)cc3)cc2)C(C)C)C1=O. The van der Waals surface area contributed by atoms with Crippen molar-refractivity contribution in [3.8, 4) is 12.4 Å². The molecule has 0 spiro atoms. The van der Waals surface area contributed by atoms with Crippen LogP contribution in [0.5, 0.6) is 0 Å². The third-order valence-electron chi connectivity index (χ3n) is 25.8. The summed E-state index contributed by atoms with van der Waals surface area (Å²) in [5.74, 6) is -4.30. The Bertz CT molecular complexity index is 4520. The zero-order chi connectivity index (χ0) is 99.8. The van der Waals surface area contributed by atoms with Crippen molar-refractivity contribution in [3.63, 3.8) is 0 Å². The first kappa shape index (κ1) is 119. The number of nitrogens with one attached hydrogen (secondary N) is 5. The van der Waals surface area contributed by atoms with Crippen molar-refractivity contribution in [2.75, 3.05) is 82.9 Å². The van der Waals surface area contributed by atoms with Crippen LogP contribution in [0, 0.1) is 57.4 Å². The minimum atomic E-state index is -1.02. The lowest BCUT2D eigenvalue weighted by Gasteiger charge is -2.31. The number of likely N-dealkylation sites (tertiary alicyclic amines) is 1. The van der Waals surface area contributed by atoms with Crippen molar-refractivity contribution in [3.05, 3.63) is 120 Å². The van der Waals surface area contributed by atoms with Gasteiger partial charge in [-0.2, -0.15) is 44.0 Å². The van der Waals surface area contributed by atoms with Gasteiger partial charge in [-0.1, -0.05) is 163 Å². The molecule has 7 rings (SSSR count). The second-order valence-electron chi connectivity index (χ2n) is 38.3. The largest absolute Gasteiger partial charge is 0.481 e. The fourth-order valence-electron chi connectivity index (χ4n) is 17.6. The standard InChI is InChI=1S/C52H75N7O7S.C51H75N7O8.C2H6S.CH4/c1-38(2)49(56-46(62)18-12-10-16-28-59-48(64)33-45(67-5)51(59)66)44(61)31-39(3)50(65)55-42-22-20-41(21-23-42)34-58-29-24-40(25-30-58)32-43(54-37-53)17-11-8-6-7-9-13-19-47(63)57(4)35-52(36-60)26-14-15-27-52;1-38(2)49(56-46(62)17-11-9-15-29-53-45(61)23-24-48(64)65)44(60)32-39(3)50(66)55-42-21-19-41(20-22-42)34-58-30-25-40(26-31-58)33-43(54-37-52)16-10-7-5-6-8-12-18-47(63)57(4)35-51(36-59)27-13-14-28-51;1-3-2;/h20-25,29-30,38-39,45,49,60H,6-19,26-28,31-36H2,1-5H3,(H-,55,56,62,65);19-22,25-26,30-31,38-39,49,59H,5-18,23-24,27-29,32-36H2,1-4H3,(H3-,53,55,56,61,62,64,65,66);1-2H3;1H4/p+2/t39-,45?,49+;39-,49+;;/m11../s1. The molecular weight excluding hydrogens is 1770 g/mol. The Kier molecular flexibility index (Phi) is 57.9. The number of imide groups is 1. The van der Waals surface area contributed by atoms with Crippen LogP contribution in [0.1, 0.15) is 309 Å². The lowest BCUT2D eigenvalue weighted by molar-refractivity contribution is -0.688. The highest BCUT2D eigenvalue weighted by Crippen LogP contribution is 2.40. The van der Waals surface area contributed by atoms with Crippen molar-refractivity contribution in [2.24, 2.45) is 44.5 Å². The summed E-state index contributed by atoms with van der Waals surface area (Å²) in [5, 5.41) is 61.0. The van der Waals surface area contributed by atoms with Crippen molar-refractivity contribution < 1.29 is 82.0 Å². The predicted octanol–water partition coefficient (Wildman–Crippen LogP) is 15.8. The number of hydrogen-bond acceptors (Lipinski definition) is 20. The molecule has 5 atom stereocenters. The number of benzene rings is 2. The van der Waals surface area contributed by atoms with Crippen molar-refractivity contribution in [2.45, 2.75) is 330 Å². The molecule has 2 aliphatic carbocycles. The molecular formula is C106H162N14O15S2+2. The first-order chi connectivity index (χ1) is 65.2. The van der Waals surface area contributed by atoms with Crippen LogP contribution in [0.4, 0.5) is 11.4 Å². The molecule has 1 unspecified atom stereocenters. The van der Waals surface area contributed by atoms with E-state index in [1.807, 2.05) is 180 Å². The Balaban J connectivity index is 0.000000552. The molecule has 8 N–H and O–H groups in total. The molecule has 3 heterocycles. The molecule has 2 saturated carbocycles. The summed E-state index contributed by atoms with van der Waals surface area (Å²) in [5.41, 5.74) is 6.99. The molecule has 3 fully saturated rings. The average molecular weight is 1940 g/mol. The van der Waals surface area contributed by atoms with Crippen molar-refractivity contribution in [1.82, 2.24) is 30.7 Å². The number of unbranched alkanes of at least 4 members (excludes halogenated alkanes) is 14. The number of carboxylic acid groups (broad SMARTS) is 1. The fourth-order valence-corrected chi connectivity index (χ4v) is 18.3. The van der Waals surface area contributed by atoms with Crippen LogP contribution in [0.3, 0.4) is 0 Å². The first-order valence-electron chi connectivity index (χ1n) is 49.5. The molecule has 1 aliphatic heterocycles. The summed E-state index contributed by atoms with van der Waals surface area (Å²) >= 11 is 3.14. The van der Waals surface area contributed by atoms with E-state index in [2.05, 4.69) is 45.7 Å². The van der Waals surface area contributed by atoms with E-state index in [1.165, 1.54) is 16.7 Å². The number of aliphatic carboxylic acids is 1. The van der Waals surface area contributed by atoms with Gasteiger partial charge in [0.15, 0.2) is 49.4 Å². The number of anilines is 2. The molecule has 1 saturated heterocycles. The second-order valence-corrected chi connectivity index (χ2v) is 40.2. The molecule has 3 aliphatic rings. The molecule has 756 valence electrons. The number of rotatable bonds is 62. The van der Waals surface area contributed by atoms with E-state index in [9.17, 15) is 78.3 Å². The first-order valence-corrected chi connectivity index (χ1v) is 52.4. The van der Waals surface area contributed by atoms with Gasteiger partial charge in [0, 0.05) is 185 Å². The van der Waals surface area contributed by atoms with Crippen LogP contribution in [0.15, 0.2) is 108 Å². The highest BCUT2D eigenvalue weighted by Gasteiger charge is 2.39. The number of carboxylic acids is 1. The third-order valence-corrected chi connectivity index (χ3v) is 26.8. The van der Waals surface area contributed by atoms with E-state index in [1.54, 1.807) is 25.6 Å². The number of nitrogens with zero attached hydrogens (tertiary/aromatic N) is 9. The summed E-state index contributed by atoms with van der Waals surface area (Å²) < 4.78 is 4.12. The van der Waals surface area contributed by atoms with Crippen LogP contribution in [0.2, 0.25) is 0 Å². The Hall–Kier alpha value is -10.1. The van der Waals surface area contributed by atoms with Crippen LogP contribution in [-0.2, 0) is 83.5 Å².